The number of hydrogen-bond donors (Lipinski definition) is 1. The fourth-order valence-electron chi connectivity index (χ4n) is 3.65. The largest absolute Gasteiger partial charge is 0.508 e. The van der Waals surface area contributed by atoms with E-state index in [1.54, 1.807) is 6.92 Å². The van der Waals surface area contributed by atoms with Gasteiger partial charge >= 0.3 is 18.3 Å². The van der Waals surface area contributed by atoms with Crippen molar-refractivity contribution < 1.29 is 57.4 Å². The van der Waals surface area contributed by atoms with Gasteiger partial charge in [-0.05, 0) is 19.1 Å². The van der Waals surface area contributed by atoms with Crippen molar-refractivity contribution in [1.82, 2.24) is 0 Å². The molecule has 0 spiro atoms. The Bertz CT molecular complexity index is 1020. The maximum atomic E-state index is 12.9. The average Bonchev–Trinajstić information content (AvgIpc) is 3.59. The highest BCUT2D eigenvalue weighted by atomic mass is 16.8. The molecule has 2 aliphatic rings. The predicted octanol–water partition coefficient (Wildman–Crippen LogP) is 2.61. The molecule has 2 aliphatic heterocycles. The smallest absolute Gasteiger partial charge is 0.507 e. The third-order valence-electron chi connectivity index (χ3n) is 5.40. The first-order chi connectivity index (χ1) is 16.7. The molecule has 12 nitrogen and oxygen atoms in total. The maximum Gasteiger partial charge on any atom is 0.508 e. The van der Waals surface area contributed by atoms with Crippen LogP contribution in [0.2, 0.25) is 0 Å². The van der Waals surface area contributed by atoms with Crippen LogP contribution in [-0.4, -0.2) is 74.9 Å². The van der Waals surface area contributed by atoms with Crippen LogP contribution in [-0.2, 0) is 33.2 Å². The molecule has 3 rings (SSSR count). The van der Waals surface area contributed by atoms with Gasteiger partial charge in [-0.25, -0.2) is 14.4 Å². The number of epoxide rings is 1. The van der Waals surface area contributed by atoms with Crippen LogP contribution in [0.3, 0.4) is 0 Å². The van der Waals surface area contributed by atoms with Crippen LogP contribution in [0.4, 0.5) is 9.59 Å². The summed E-state index contributed by atoms with van der Waals surface area (Å²) in [4.78, 5) is 49.5. The molecule has 0 aromatic heterocycles. The van der Waals surface area contributed by atoms with Crippen LogP contribution in [0, 0.1) is 0 Å². The third-order valence-corrected chi connectivity index (χ3v) is 5.40. The molecular weight excluding hydrogens is 468 g/mol. The minimum atomic E-state index is -1.57. The zero-order valence-corrected chi connectivity index (χ0v) is 19.5. The van der Waals surface area contributed by atoms with E-state index in [0.29, 0.717) is 0 Å². The van der Waals surface area contributed by atoms with Crippen molar-refractivity contribution in [3.05, 3.63) is 35.4 Å². The Morgan fingerprint density at radius 2 is 1.74 bits per heavy atom. The molecule has 0 aliphatic carbocycles. The summed E-state index contributed by atoms with van der Waals surface area (Å²) in [6, 6.07) is 2.79. The van der Waals surface area contributed by atoms with Gasteiger partial charge in [-0.1, -0.05) is 6.08 Å². The molecule has 0 radical (unpaired) electrons. The second-order valence-corrected chi connectivity index (χ2v) is 7.80. The summed E-state index contributed by atoms with van der Waals surface area (Å²) in [5.74, 6) is -1.58. The van der Waals surface area contributed by atoms with Crippen molar-refractivity contribution in [2.24, 2.45) is 0 Å². The molecule has 35 heavy (non-hydrogen) atoms. The minimum Gasteiger partial charge on any atom is -0.507 e. The van der Waals surface area contributed by atoms with E-state index in [-0.39, 0.29) is 35.5 Å². The van der Waals surface area contributed by atoms with E-state index in [4.69, 9.17) is 23.7 Å². The number of ether oxygens (including phenoxy) is 7. The maximum absolute atomic E-state index is 12.9. The Balaban J connectivity index is 2.03. The van der Waals surface area contributed by atoms with Gasteiger partial charge in [-0.3, -0.25) is 4.79 Å². The predicted molar refractivity (Wildman–Crippen MR) is 115 cm³/mol. The molecule has 1 aromatic rings. The molecule has 0 amide bonds. The lowest BCUT2D eigenvalue weighted by Crippen LogP contribution is -2.41. The van der Waals surface area contributed by atoms with E-state index in [0.717, 1.165) is 20.3 Å². The number of rotatable bonds is 3. The molecule has 1 fully saturated rings. The molecule has 1 N–H and O–H groups in total. The Morgan fingerprint density at radius 1 is 1.06 bits per heavy atom. The number of methoxy groups -OCH3 is 3. The van der Waals surface area contributed by atoms with E-state index in [1.165, 1.54) is 25.3 Å². The topological polar surface area (TPSA) is 156 Å². The van der Waals surface area contributed by atoms with Crippen LogP contribution in [0.1, 0.15) is 41.8 Å². The number of esters is 1. The molecule has 1 saturated heterocycles. The van der Waals surface area contributed by atoms with Crippen LogP contribution >= 0.6 is 0 Å². The number of phenolic OH excluding ortho intramolecular Hbond substituents is 1. The van der Waals surface area contributed by atoms with E-state index in [1.807, 2.05) is 0 Å². The van der Waals surface area contributed by atoms with Crippen molar-refractivity contribution in [3.8, 4) is 11.5 Å². The highest BCUT2D eigenvalue weighted by Gasteiger charge is 2.48. The van der Waals surface area contributed by atoms with Crippen molar-refractivity contribution >= 4 is 24.1 Å². The van der Waals surface area contributed by atoms with Crippen molar-refractivity contribution in [2.75, 3.05) is 21.3 Å². The van der Waals surface area contributed by atoms with Crippen molar-refractivity contribution in [1.29, 1.82) is 0 Å². The fraction of sp³-hybridized carbons (Fsp3) is 0.478. The summed E-state index contributed by atoms with van der Waals surface area (Å²) in [5.41, 5.74) is 0.181. The molecule has 190 valence electrons. The van der Waals surface area contributed by atoms with Gasteiger partial charge in [0.05, 0.1) is 27.4 Å². The highest BCUT2D eigenvalue weighted by Crippen LogP contribution is 2.47. The number of benzene rings is 1. The summed E-state index contributed by atoms with van der Waals surface area (Å²) in [6.07, 6.45) is -4.73. The zero-order valence-electron chi connectivity index (χ0n) is 19.5. The average molecular weight is 494 g/mol. The normalized spacial score (nSPS) is 27.1. The molecule has 12 heteroatoms. The highest BCUT2D eigenvalue weighted by molar-refractivity contribution is 5.96. The van der Waals surface area contributed by atoms with E-state index < -0.39 is 54.6 Å². The minimum absolute atomic E-state index is 0.102. The monoisotopic (exact) mass is 494 g/mol. The Kier molecular flexibility index (Phi) is 8.18. The molecule has 0 saturated carbocycles. The lowest BCUT2D eigenvalue weighted by atomic mass is 9.96. The summed E-state index contributed by atoms with van der Waals surface area (Å²) in [5, 5.41) is 10.5. The molecule has 5 atom stereocenters. The van der Waals surface area contributed by atoms with Gasteiger partial charge in [-0.15, -0.1) is 0 Å². The zero-order chi connectivity index (χ0) is 25.7. The van der Waals surface area contributed by atoms with Gasteiger partial charge in [-0.2, -0.15) is 0 Å². The Labute approximate surface area is 200 Å². The van der Waals surface area contributed by atoms with Crippen LogP contribution in [0.5, 0.6) is 11.5 Å². The first-order valence-electron chi connectivity index (χ1n) is 10.6. The summed E-state index contributed by atoms with van der Waals surface area (Å²) in [6.45, 7) is 1.60. The van der Waals surface area contributed by atoms with E-state index in [2.05, 4.69) is 9.47 Å². The number of aromatic hydroxyl groups is 1. The lowest BCUT2D eigenvalue weighted by molar-refractivity contribution is -0.131. The Morgan fingerprint density at radius 3 is 2.40 bits per heavy atom. The summed E-state index contributed by atoms with van der Waals surface area (Å²) < 4.78 is 35.7. The molecule has 0 bridgehead atoms. The molecule has 0 unspecified atom stereocenters. The summed E-state index contributed by atoms with van der Waals surface area (Å²) >= 11 is 0. The second-order valence-electron chi connectivity index (χ2n) is 7.80. The van der Waals surface area contributed by atoms with Crippen LogP contribution in [0.25, 0.3) is 0 Å². The third kappa shape index (κ3) is 6.21. The lowest BCUT2D eigenvalue weighted by Gasteiger charge is -2.24. The first-order valence-corrected chi connectivity index (χ1v) is 10.6. The second kappa shape index (κ2) is 11.1. The Hall–Kier alpha value is -3.80. The van der Waals surface area contributed by atoms with Gasteiger partial charge in [0.15, 0.2) is 11.9 Å². The van der Waals surface area contributed by atoms with Crippen molar-refractivity contribution in [2.45, 2.75) is 50.3 Å². The fourth-order valence-corrected chi connectivity index (χ4v) is 3.65. The SMILES string of the molecule is COC(=O)O[C@H]1C[C@H]2O[C@@H]2c2cc(OC)cc(O)c2C(=O)O[C@@H](C)C/C=C\C(=O)[C@H]1OC(=O)OC. The standard InChI is InChI=1S/C23H26O12/c1-11-6-5-7-14(24)20(35-23(28)31-4)17(34-22(27)30-3)10-16-19(33-16)13-8-12(29-2)9-15(25)18(13)21(26)32-11/h5,7-9,11,16-17,19-20,25H,6,10H2,1-4H3/b7-5-/t11-,16+,17-,19+,20+/m0/s1. The summed E-state index contributed by atoms with van der Waals surface area (Å²) in [7, 11) is 3.54. The number of ketones is 1. The number of hydrogen-bond acceptors (Lipinski definition) is 12. The van der Waals surface area contributed by atoms with Gasteiger partial charge < -0.3 is 38.3 Å². The number of carbonyl (C=O) groups is 4. The molecule has 2 heterocycles. The quantitative estimate of drug-likeness (QED) is 0.373. The number of phenols is 1. The molecular formula is C23H26O12. The van der Waals surface area contributed by atoms with Gasteiger partial charge in [0.25, 0.3) is 0 Å². The number of fused-ring (bicyclic) bond motifs is 3. The number of carbonyl (C=O) groups excluding carboxylic acids is 4. The van der Waals surface area contributed by atoms with Crippen molar-refractivity contribution in [3.63, 3.8) is 0 Å². The van der Waals surface area contributed by atoms with Gasteiger partial charge in [0.2, 0.25) is 6.10 Å². The van der Waals surface area contributed by atoms with Gasteiger partial charge in [0, 0.05) is 24.5 Å². The number of cyclic esters (lactones) is 1. The molecule has 1 aromatic carbocycles. The van der Waals surface area contributed by atoms with E-state index >= 15 is 0 Å². The van der Waals surface area contributed by atoms with E-state index in [9.17, 15) is 24.3 Å². The van der Waals surface area contributed by atoms with Gasteiger partial charge in [0.1, 0.15) is 29.3 Å². The first kappa shape index (κ1) is 25.8. The van der Waals surface area contributed by atoms with Crippen LogP contribution < -0.4 is 4.74 Å². The van der Waals surface area contributed by atoms with Crippen LogP contribution in [0.15, 0.2) is 24.3 Å².